The van der Waals surface area contributed by atoms with Crippen molar-refractivity contribution in [1.82, 2.24) is 4.98 Å². The van der Waals surface area contributed by atoms with Crippen molar-refractivity contribution in [2.45, 2.75) is 25.9 Å². The zero-order valence-corrected chi connectivity index (χ0v) is 14.3. The van der Waals surface area contributed by atoms with Crippen molar-refractivity contribution in [3.8, 4) is 0 Å². The number of rotatable bonds is 6. The number of methoxy groups -OCH3 is 1. The van der Waals surface area contributed by atoms with E-state index in [1.165, 1.54) is 7.11 Å². The fraction of sp³-hybridized carbons (Fsp3) is 0.625. The highest BCUT2D eigenvalue weighted by Crippen LogP contribution is 2.23. The Labute approximate surface area is 141 Å². The van der Waals surface area contributed by atoms with Gasteiger partial charge in [0.15, 0.2) is 5.69 Å². The highest BCUT2D eigenvalue weighted by molar-refractivity contribution is 6.29. The fourth-order valence-electron chi connectivity index (χ4n) is 2.42. The van der Waals surface area contributed by atoms with Crippen LogP contribution in [-0.4, -0.2) is 57.1 Å². The second-order valence-electron chi connectivity index (χ2n) is 5.36. The van der Waals surface area contributed by atoms with Gasteiger partial charge in [-0.15, -0.1) is 0 Å². The molecule has 0 radical (unpaired) electrons. The number of ether oxygens (including phenoxy) is 3. The number of nitrogens with zero attached hydrogens (tertiary/aromatic N) is 2. The van der Waals surface area contributed by atoms with Gasteiger partial charge in [-0.3, -0.25) is 0 Å². The van der Waals surface area contributed by atoms with Crippen LogP contribution < -0.4 is 4.90 Å². The lowest BCUT2D eigenvalue weighted by molar-refractivity contribution is -0.000233. The zero-order valence-electron chi connectivity index (χ0n) is 13.6. The molecule has 2 heterocycles. The van der Waals surface area contributed by atoms with E-state index in [1.807, 2.05) is 4.90 Å². The lowest BCUT2D eigenvalue weighted by atomic mass is 10.2. The summed E-state index contributed by atoms with van der Waals surface area (Å²) in [6.45, 7) is 5.24. The predicted octanol–water partition coefficient (Wildman–Crippen LogP) is 2.54. The van der Waals surface area contributed by atoms with E-state index in [2.05, 4.69) is 11.9 Å². The Morgan fingerprint density at radius 3 is 3.09 bits per heavy atom. The Kier molecular flexibility index (Phi) is 7.08. The summed E-state index contributed by atoms with van der Waals surface area (Å²) in [5.41, 5.74) is 0.907. The van der Waals surface area contributed by atoms with Crippen molar-refractivity contribution in [1.29, 1.82) is 0 Å². The van der Waals surface area contributed by atoms with Crippen molar-refractivity contribution in [3.63, 3.8) is 0 Å². The van der Waals surface area contributed by atoms with Crippen LogP contribution in [0.25, 0.3) is 0 Å². The molecule has 0 amide bonds. The number of unbranched alkanes of at least 4 members (excludes halogenated alkanes) is 1. The summed E-state index contributed by atoms with van der Waals surface area (Å²) in [7, 11) is 1.33. The second-order valence-corrected chi connectivity index (χ2v) is 5.75. The number of aromatic nitrogens is 1. The summed E-state index contributed by atoms with van der Waals surface area (Å²) in [6, 6.07) is 3.46. The van der Waals surface area contributed by atoms with Crippen LogP contribution in [0.15, 0.2) is 12.1 Å². The monoisotopic (exact) mass is 342 g/mol. The van der Waals surface area contributed by atoms with E-state index in [0.29, 0.717) is 38.6 Å². The quantitative estimate of drug-likeness (QED) is 0.450. The highest BCUT2D eigenvalue weighted by Gasteiger charge is 2.24. The predicted molar refractivity (Wildman–Crippen MR) is 88.3 cm³/mol. The van der Waals surface area contributed by atoms with Crippen LogP contribution in [0.1, 0.15) is 30.3 Å². The molecule has 1 atom stereocenters. The lowest BCUT2D eigenvalue weighted by Crippen LogP contribution is -2.35. The molecule has 1 aromatic rings. The van der Waals surface area contributed by atoms with Gasteiger partial charge in [-0.1, -0.05) is 24.9 Å². The third kappa shape index (κ3) is 5.06. The van der Waals surface area contributed by atoms with Gasteiger partial charge in [0.2, 0.25) is 0 Å². The third-order valence-electron chi connectivity index (χ3n) is 3.64. The van der Waals surface area contributed by atoms with Gasteiger partial charge in [-0.25, -0.2) is 9.78 Å². The smallest absolute Gasteiger partial charge is 0.358 e. The molecule has 1 saturated heterocycles. The minimum Gasteiger partial charge on any atom is -0.464 e. The highest BCUT2D eigenvalue weighted by atomic mass is 35.5. The minimum atomic E-state index is -0.504. The van der Waals surface area contributed by atoms with Gasteiger partial charge in [0.1, 0.15) is 5.15 Å². The van der Waals surface area contributed by atoms with Gasteiger partial charge < -0.3 is 19.1 Å². The molecule has 23 heavy (non-hydrogen) atoms. The number of pyridine rings is 1. The number of anilines is 1. The van der Waals surface area contributed by atoms with Crippen LogP contribution >= 0.6 is 11.6 Å². The molecule has 1 aliphatic rings. The Bertz CT molecular complexity index is 527. The van der Waals surface area contributed by atoms with Crippen LogP contribution in [0.3, 0.4) is 0 Å². The van der Waals surface area contributed by atoms with Crippen molar-refractivity contribution >= 4 is 23.3 Å². The van der Waals surface area contributed by atoms with Gasteiger partial charge in [0, 0.05) is 19.7 Å². The van der Waals surface area contributed by atoms with Crippen molar-refractivity contribution < 1.29 is 19.0 Å². The third-order valence-corrected chi connectivity index (χ3v) is 3.85. The van der Waals surface area contributed by atoms with Crippen molar-refractivity contribution in [2.24, 2.45) is 0 Å². The first kappa shape index (κ1) is 18.0. The maximum Gasteiger partial charge on any atom is 0.358 e. The summed E-state index contributed by atoms with van der Waals surface area (Å²) in [5, 5.41) is 0.260. The van der Waals surface area contributed by atoms with E-state index >= 15 is 0 Å². The van der Waals surface area contributed by atoms with E-state index in [9.17, 15) is 4.79 Å². The number of carbonyl (C=O) groups is 1. The molecule has 0 bridgehead atoms. The first-order chi connectivity index (χ1) is 11.2. The summed E-state index contributed by atoms with van der Waals surface area (Å²) < 4.78 is 16.3. The maximum atomic E-state index is 12.0. The molecule has 0 spiro atoms. The number of hydrogen-bond donors (Lipinski definition) is 0. The SMILES string of the molecule is CCCCOC1COCCN(c2ccc(Cl)nc2C(=O)OC)C1. The standard InChI is InChI=1S/C16H23ClN2O4/c1-3-4-8-23-12-10-19(7-9-22-11-12)13-5-6-14(17)18-15(13)16(20)21-2/h5-6,12H,3-4,7-11H2,1-2H3. The second kappa shape index (κ2) is 9.05. The van der Waals surface area contributed by atoms with Crippen LogP contribution in [0.5, 0.6) is 0 Å². The number of esters is 1. The summed E-state index contributed by atoms with van der Waals surface area (Å²) in [6.07, 6.45) is 2.07. The molecule has 7 heteroatoms. The van der Waals surface area contributed by atoms with Gasteiger partial charge in [-0.05, 0) is 18.6 Å². The van der Waals surface area contributed by atoms with Crippen LogP contribution in [-0.2, 0) is 14.2 Å². The lowest BCUT2D eigenvalue weighted by Gasteiger charge is -2.26. The molecule has 1 fully saturated rings. The molecule has 1 aliphatic heterocycles. The van der Waals surface area contributed by atoms with Crippen LogP contribution in [0.4, 0.5) is 5.69 Å². The number of hydrogen-bond acceptors (Lipinski definition) is 6. The molecule has 128 valence electrons. The summed E-state index contributed by atoms with van der Waals surface area (Å²) in [4.78, 5) is 18.1. The van der Waals surface area contributed by atoms with Crippen molar-refractivity contribution in [3.05, 3.63) is 23.0 Å². The van der Waals surface area contributed by atoms with E-state index < -0.39 is 5.97 Å². The van der Waals surface area contributed by atoms with Gasteiger partial charge in [0.05, 0.1) is 32.1 Å². The Hall–Kier alpha value is -1.37. The zero-order chi connectivity index (χ0) is 16.7. The average molecular weight is 343 g/mol. The van der Waals surface area contributed by atoms with E-state index in [4.69, 9.17) is 25.8 Å². The summed E-state index contributed by atoms with van der Waals surface area (Å²) >= 11 is 5.92. The Morgan fingerprint density at radius 2 is 2.35 bits per heavy atom. The first-order valence-electron chi connectivity index (χ1n) is 7.84. The van der Waals surface area contributed by atoms with E-state index in [0.717, 1.165) is 12.8 Å². The Morgan fingerprint density at radius 1 is 1.52 bits per heavy atom. The maximum absolute atomic E-state index is 12.0. The molecule has 2 rings (SSSR count). The molecule has 0 N–H and O–H groups in total. The normalized spacial score (nSPS) is 18.6. The minimum absolute atomic E-state index is 0.0368. The molecule has 1 aromatic heterocycles. The van der Waals surface area contributed by atoms with Gasteiger partial charge in [0.25, 0.3) is 0 Å². The molecule has 0 aromatic carbocycles. The summed E-state index contributed by atoms with van der Waals surface area (Å²) in [5.74, 6) is -0.504. The molecule has 0 saturated carbocycles. The van der Waals surface area contributed by atoms with Crippen LogP contribution in [0, 0.1) is 0 Å². The topological polar surface area (TPSA) is 60.9 Å². The number of halogens is 1. The van der Waals surface area contributed by atoms with E-state index in [1.54, 1.807) is 12.1 Å². The van der Waals surface area contributed by atoms with Crippen LogP contribution in [0.2, 0.25) is 5.15 Å². The molecular weight excluding hydrogens is 320 g/mol. The van der Waals surface area contributed by atoms with E-state index in [-0.39, 0.29) is 17.0 Å². The molecule has 1 unspecified atom stereocenters. The molecule has 6 nitrogen and oxygen atoms in total. The molecular formula is C16H23ClN2O4. The molecule has 0 aliphatic carbocycles. The average Bonchev–Trinajstić information content (AvgIpc) is 2.80. The first-order valence-corrected chi connectivity index (χ1v) is 8.22. The van der Waals surface area contributed by atoms with Gasteiger partial charge >= 0.3 is 5.97 Å². The van der Waals surface area contributed by atoms with Crippen molar-refractivity contribution in [2.75, 3.05) is 44.9 Å². The largest absolute Gasteiger partial charge is 0.464 e. The van der Waals surface area contributed by atoms with Gasteiger partial charge in [-0.2, -0.15) is 0 Å². The number of carbonyl (C=O) groups excluding carboxylic acids is 1. The Balaban J connectivity index is 2.16. The fourth-order valence-corrected chi connectivity index (χ4v) is 2.57.